The largest absolute Gasteiger partial charge is 0.454 e. The van der Waals surface area contributed by atoms with Crippen LogP contribution in [0.3, 0.4) is 0 Å². The third-order valence-corrected chi connectivity index (χ3v) is 4.34. The van der Waals surface area contributed by atoms with E-state index in [4.69, 9.17) is 0 Å². The third-order valence-electron chi connectivity index (χ3n) is 4.34. The third kappa shape index (κ3) is 11.6. The van der Waals surface area contributed by atoms with Crippen molar-refractivity contribution < 1.29 is 113 Å². The van der Waals surface area contributed by atoms with Crippen molar-refractivity contribution in [3.63, 3.8) is 0 Å². The molecule has 0 heterocycles. The number of alkyl halides is 13. The van der Waals surface area contributed by atoms with Gasteiger partial charge >= 0.3 is 54.0 Å². The summed E-state index contributed by atoms with van der Waals surface area (Å²) < 4.78 is 238. The molecule has 0 spiro atoms. The summed E-state index contributed by atoms with van der Waals surface area (Å²) in [6.07, 6.45) is -19.2. The first-order chi connectivity index (χ1) is 20.4. The zero-order valence-electron chi connectivity index (χ0n) is 21.9. The topological polar surface area (TPSA) is 107 Å². The normalized spacial score (nSPS) is 13.6. The molecule has 0 fully saturated rings. The van der Waals surface area contributed by atoms with Gasteiger partial charge in [-0.2, -0.15) is 65.9 Å². The van der Waals surface area contributed by atoms with E-state index in [2.05, 4.69) is 48.2 Å². The number of esters is 3. The summed E-state index contributed by atoms with van der Waals surface area (Å²) in [4.78, 5) is 32.4. The molecular formula is C21H16F16O9. The highest BCUT2D eigenvalue weighted by Crippen LogP contribution is 2.43. The lowest BCUT2D eigenvalue weighted by atomic mass is 10.2. The molecule has 266 valence electrons. The maximum Gasteiger partial charge on any atom is 0.425 e. The van der Waals surface area contributed by atoms with E-state index < -0.39 is 110 Å². The quantitative estimate of drug-likeness (QED) is 0.0703. The minimum atomic E-state index is -6.62. The summed E-state index contributed by atoms with van der Waals surface area (Å²) in [6.45, 7) is -8.77. The highest BCUT2D eigenvalue weighted by molar-refractivity contribution is 5.85. The Balaban J connectivity index is 6.31. The second kappa shape index (κ2) is 14.9. The number of ether oxygens (including phenoxy) is 6. The van der Waals surface area contributed by atoms with E-state index >= 15 is 4.39 Å². The summed E-state index contributed by atoms with van der Waals surface area (Å²) in [5, 5.41) is 0. The first-order valence-electron chi connectivity index (χ1n) is 10.8. The van der Waals surface area contributed by atoms with Gasteiger partial charge in [0.1, 0.15) is 13.2 Å². The van der Waals surface area contributed by atoms with E-state index in [1.165, 1.54) is 0 Å². The molecule has 0 N–H and O–H groups in total. The SMILES string of the molecule is C=C(F)C(=O)OCC(F)(F)C(F)(F)OCC(F)(COC(F)(F)C(F)(F)COC(=O)C(=C)F)OC(F)(F)C(F)(F)COC(=O)C(=C)F. The Kier molecular flexibility index (Phi) is 13.7. The lowest BCUT2D eigenvalue weighted by Gasteiger charge is -2.35. The van der Waals surface area contributed by atoms with Crippen molar-refractivity contribution >= 4 is 17.9 Å². The number of hydrogen-bond acceptors (Lipinski definition) is 9. The van der Waals surface area contributed by atoms with E-state index in [1.807, 2.05) is 0 Å². The summed E-state index contributed by atoms with van der Waals surface area (Å²) in [5.74, 6) is -37.2. The van der Waals surface area contributed by atoms with Crippen molar-refractivity contribution in [2.24, 2.45) is 0 Å². The highest BCUT2D eigenvalue weighted by Gasteiger charge is 2.66. The minimum Gasteiger partial charge on any atom is -0.454 e. The van der Waals surface area contributed by atoms with E-state index in [-0.39, 0.29) is 0 Å². The molecule has 0 rings (SSSR count). The molecule has 0 unspecified atom stereocenters. The molecule has 0 saturated carbocycles. The first-order valence-corrected chi connectivity index (χ1v) is 10.8. The summed E-state index contributed by atoms with van der Waals surface area (Å²) in [5.41, 5.74) is 0. The van der Waals surface area contributed by atoms with Crippen molar-refractivity contribution in [1.82, 2.24) is 0 Å². The van der Waals surface area contributed by atoms with E-state index in [9.17, 15) is 80.2 Å². The van der Waals surface area contributed by atoms with Gasteiger partial charge in [0.05, 0.1) is 0 Å². The van der Waals surface area contributed by atoms with Gasteiger partial charge in [0.25, 0.3) is 5.85 Å². The first kappa shape index (κ1) is 42.4. The van der Waals surface area contributed by atoms with Crippen molar-refractivity contribution in [2.45, 2.75) is 41.9 Å². The van der Waals surface area contributed by atoms with Crippen LogP contribution in [-0.2, 0) is 42.8 Å². The average Bonchev–Trinajstić information content (AvgIpc) is 2.90. The van der Waals surface area contributed by atoms with Gasteiger partial charge in [-0.1, -0.05) is 19.7 Å². The molecule has 9 nitrogen and oxygen atoms in total. The molecule has 0 atom stereocenters. The van der Waals surface area contributed by atoms with Crippen LogP contribution in [0.5, 0.6) is 0 Å². The smallest absolute Gasteiger partial charge is 0.425 e. The van der Waals surface area contributed by atoms with Crippen LogP contribution in [0.4, 0.5) is 70.2 Å². The Hall–Kier alpha value is -3.61. The lowest BCUT2D eigenvalue weighted by molar-refractivity contribution is -0.445. The van der Waals surface area contributed by atoms with Crippen LogP contribution in [0.1, 0.15) is 0 Å². The van der Waals surface area contributed by atoms with E-state index in [0.717, 1.165) is 0 Å². The van der Waals surface area contributed by atoms with Crippen LogP contribution in [-0.4, -0.2) is 92.9 Å². The van der Waals surface area contributed by atoms with Crippen LogP contribution >= 0.6 is 0 Å². The zero-order chi connectivity index (χ0) is 36.7. The summed E-state index contributed by atoms with van der Waals surface area (Å²) in [7, 11) is 0. The predicted molar refractivity (Wildman–Crippen MR) is 110 cm³/mol. The number of carbonyl (C=O) groups excluding carboxylic acids is 3. The number of hydrogen-bond donors (Lipinski definition) is 0. The zero-order valence-corrected chi connectivity index (χ0v) is 21.9. The lowest BCUT2D eigenvalue weighted by Crippen LogP contribution is -2.57. The fraction of sp³-hybridized carbons (Fsp3) is 0.571. The molecule has 0 aliphatic carbocycles. The van der Waals surface area contributed by atoms with Crippen LogP contribution in [0.15, 0.2) is 37.2 Å². The molecule has 0 aromatic carbocycles. The van der Waals surface area contributed by atoms with Crippen molar-refractivity contribution in [2.75, 3.05) is 33.0 Å². The van der Waals surface area contributed by atoms with Gasteiger partial charge in [-0.25, -0.2) is 18.8 Å². The van der Waals surface area contributed by atoms with Gasteiger partial charge in [0.2, 0.25) is 17.5 Å². The molecule has 0 aliphatic rings. The number of rotatable bonds is 20. The maximum atomic E-state index is 15.1. The molecule has 46 heavy (non-hydrogen) atoms. The predicted octanol–water partition coefficient (Wildman–Crippen LogP) is 5.47. The number of halogens is 16. The molecule has 0 aromatic rings. The molecule has 25 heteroatoms. The average molecular weight is 716 g/mol. The molecule has 0 radical (unpaired) electrons. The fourth-order valence-electron chi connectivity index (χ4n) is 1.97. The summed E-state index contributed by atoms with van der Waals surface area (Å²) >= 11 is 0. The monoisotopic (exact) mass is 716 g/mol. The van der Waals surface area contributed by atoms with Crippen LogP contribution in [0, 0.1) is 0 Å². The van der Waals surface area contributed by atoms with Gasteiger partial charge in [0.15, 0.2) is 19.8 Å². The van der Waals surface area contributed by atoms with Gasteiger partial charge in [-0.15, -0.1) is 0 Å². The Bertz CT molecular complexity index is 1110. The Morgan fingerprint density at radius 2 is 0.674 bits per heavy atom. The van der Waals surface area contributed by atoms with E-state index in [1.54, 1.807) is 0 Å². The second-order valence-electron chi connectivity index (χ2n) is 8.17. The standard InChI is InChI=1S/C21H16F16O9/c1-9(22)12(38)41-6-16(26,27)19(32,33)44-4-15(25,46-21(36,37)18(30,31)8-43-14(40)11(3)24)5-45-20(34,35)17(28,29)7-42-13(39)10(2)23/h1-8H2. The molecule has 0 saturated heterocycles. The Morgan fingerprint density at radius 1 is 0.435 bits per heavy atom. The summed E-state index contributed by atoms with van der Waals surface area (Å²) in [6, 6.07) is 0. The van der Waals surface area contributed by atoms with Crippen LogP contribution in [0.25, 0.3) is 0 Å². The van der Waals surface area contributed by atoms with Crippen molar-refractivity contribution in [1.29, 1.82) is 0 Å². The Labute approximate surface area is 244 Å². The Morgan fingerprint density at radius 3 is 0.913 bits per heavy atom. The maximum absolute atomic E-state index is 15.1. The van der Waals surface area contributed by atoms with E-state index in [0.29, 0.717) is 0 Å². The minimum absolute atomic E-state index is 2.14. The molecule has 0 aromatic heterocycles. The molecular weight excluding hydrogens is 700 g/mol. The van der Waals surface area contributed by atoms with Crippen molar-refractivity contribution in [3.8, 4) is 0 Å². The highest BCUT2D eigenvalue weighted by atomic mass is 19.3. The fourth-order valence-corrected chi connectivity index (χ4v) is 1.97. The van der Waals surface area contributed by atoms with Gasteiger partial charge in [-0.05, 0) is 0 Å². The number of carbonyl (C=O) groups is 3. The van der Waals surface area contributed by atoms with Crippen LogP contribution < -0.4 is 0 Å². The van der Waals surface area contributed by atoms with Crippen LogP contribution in [0.2, 0.25) is 0 Å². The van der Waals surface area contributed by atoms with Crippen molar-refractivity contribution in [3.05, 3.63) is 37.2 Å². The molecule has 0 aliphatic heterocycles. The second-order valence-corrected chi connectivity index (χ2v) is 8.17. The molecule has 0 bridgehead atoms. The molecule has 0 amide bonds. The van der Waals surface area contributed by atoms with Gasteiger partial charge in [0, 0.05) is 0 Å². The van der Waals surface area contributed by atoms with Gasteiger partial charge < -0.3 is 23.7 Å². The van der Waals surface area contributed by atoms with Gasteiger partial charge in [-0.3, -0.25) is 4.74 Å².